The van der Waals surface area contributed by atoms with Crippen LogP contribution < -0.4 is 10.6 Å². The second-order valence-electron chi connectivity index (χ2n) is 5.81. The normalized spacial score (nSPS) is 12.2. The number of halogens is 1. The van der Waals surface area contributed by atoms with Crippen LogP contribution in [-0.2, 0) is 0 Å². The zero-order valence-electron chi connectivity index (χ0n) is 12.6. The van der Waals surface area contributed by atoms with Crippen molar-refractivity contribution in [3.05, 3.63) is 28.8 Å². The quantitative estimate of drug-likeness (QED) is 0.365. The van der Waals surface area contributed by atoms with E-state index in [1.165, 1.54) is 0 Å². The van der Waals surface area contributed by atoms with Crippen LogP contribution in [0, 0.1) is 11.8 Å². The number of oxime groups is 1. The van der Waals surface area contributed by atoms with Crippen LogP contribution in [0.5, 0.6) is 0 Å². The van der Waals surface area contributed by atoms with Gasteiger partial charge in [-0.25, -0.2) is 0 Å². The maximum absolute atomic E-state index is 8.97. The van der Waals surface area contributed by atoms with Gasteiger partial charge in [0.2, 0.25) is 0 Å². The van der Waals surface area contributed by atoms with E-state index < -0.39 is 0 Å². The van der Waals surface area contributed by atoms with E-state index in [-0.39, 0.29) is 5.84 Å². The largest absolute Gasteiger partial charge is 0.409 e. The Balaban J connectivity index is 3.28. The molecule has 0 saturated heterocycles. The standard InChI is InChI=1S/C15H24ClN3O/c1-10(2)8-19(9-11(3)4)13-7-5-6-12(16)14(13)15(17)18-20/h5-7,10-11,20H,8-9H2,1-4H3,(H2,17,18). The van der Waals surface area contributed by atoms with Gasteiger partial charge in [0.25, 0.3) is 0 Å². The van der Waals surface area contributed by atoms with Crippen molar-refractivity contribution in [1.82, 2.24) is 0 Å². The van der Waals surface area contributed by atoms with Crippen molar-refractivity contribution in [3.63, 3.8) is 0 Å². The lowest BCUT2D eigenvalue weighted by Gasteiger charge is -2.30. The lowest BCUT2D eigenvalue weighted by molar-refractivity contribution is 0.318. The van der Waals surface area contributed by atoms with Gasteiger partial charge in [0, 0.05) is 18.8 Å². The predicted octanol–water partition coefficient (Wildman–Crippen LogP) is 3.55. The molecule has 0 atom stereocenters. The van der Waals surface area contributed by atoms with Gasteiger partial charge >= 0.3 is 0 Å². The van der Waals surface area contributed by atoms with Crippen molar-refractivity contribution >= 4 is 23.1 Å². The summed E-state index contributed by atoms with van der Waals surface area (Å²) in [6.45, 7) is 10.5. The molecule has 0 fully saturated rings. The summed E-state index contributed by atoms with van der Waals surface area (Å²) in [5, 5.41) is 12.6. The molecule has 3 N–H and O–H groups in total. The van der Waals surface area contributed by atoms with E-state index in [9.17, 15) is 0 Å². The third kappa shape index (κ3) is 4.30. The lowest BCUT2D eigenvalue weighted by atomic mass is 10.1. The van der Waals surface area contributed by atoms with Crippen LogP contribution in [0.3, 0.4) is 0 Å². The Hall–Kier alpha value is -1.42. The molecule has 0 saturated carbocycles. The second-order valence-corrected chi connectivity index (χ2v) is 6.22. The Kier molecular flexibility index (Phi) is 6.14. The highest BCUT2D eigenvalue weighted by Crippen LogP contribution is 2.28. The van der Waals surface area contributed by atoms with Gasteiger partial charge in [-0.2, -0.15) is 0 Å². The summed E-state index contributed by atoms with van der Waals surface area (Å²) >= 11 is 6.22. The molecular weight excluding hydrogens is 274 g/mol. The summed E-state index contributed by atoms with van der Waals surface area (Å²) in [5.74, 6) is 1.06. The van der Waals surface area contributed by atoms with E-state index in [1.807, 2.05) is 12.1 Å². The van der Waals surface area contributed by atoms with E-state index in [0.717, 1.165) is 18.8 Å². The Morgan fingerprint density at radius 3 is 2.25 bits per heavy atom. The Bertz CT molecular complexity index is 462. The SMILES string of the molecule is CC(C)CN(CC(C)C)c1cccc(Cl)c1C(N)=NO. The number of rotatable bonds is 6. The summed E-state index contributed by atoms with van der Waals surface area (Å²) < 4.78 is 0. The van der Waals surface area contributed by atoms with Crippen LogP contribution in [0.25, 0.3) is 0 Å². The molecule has 0 amide bonds. The van der Waals surface area contributed by atoms with Crippen LogP contribution in [0.15, 0.2) is 23.4 Å². The first-order valence-electron chi connectivity index (χ1n) is 6.88. The van der Waals surface area contributed by atoms with Gasteiger partial charge < -0.3 is 15.8 Å². The van der Waals surface area contributed by atoms with E-state index in [2.05, 4.69) is 37.8 Å². The zero-order valence-corrected chi connectivity index (χ0v) is 13.4. The van der Waals surface area contributed by atoms with Gasteiger partial charge in [-0.1, -0.05) is 50.5 Å². The van der Waals surface area contributed by atoms with Crippen LogP contribution in [0.1, 0.15) is 33.3 Å². The molecule has 0 heterocycles. The minimum absolute atomic E-state index is 0.0445. The average Bonchev–Trinajstić information content (AvgIpc) is 2.35. The monoisotopic (exact) mass is 297 g/mol. The van der Waals surface area contributed by atoms with Gasteiger partial charge in [-0.15, -0.1) is 0 Å². The third-order valence-corrected chi connectivity index (χ3v) is 3.18. The van der Waals surface area contributed by atoms with E-state index in [1.54, 1.807) is 6.07 Å². The van der Waals surface area contributed by atoms with E-state index in [0.29, 0.717) is 22.4 Å². The van der Waals surface area contributed by atoms with Crippen molar-refractivity contribution in [2.24, 2.45) is 22.7 Å². The molecule has 1 rings (SSSR count). The van der Waals surface area contributed by atoms with Gasteiger partial charge in [-0.3, -0.25) is 0 Å². The van der Waals surface area contributed by atoms with Gasteiger partial charge in [0.1, 0.15) is 0 Å². The number of hydrogen-bond donors (Lipinski definition) is 2. The third-order valence-electron chi connectivity index (χ3n) is 2.87. The maximum atomic E-state index is 8.97. The molecule has 5 heteroatoms. The van der Waals surface area contributed by atoms with E-state index in [4.69, 9.17) is 22.5 Å². The molecule has 1 aromatic rings. The maximum Gasteiger partial charge on any atom is 0.173 e. The molecule has 4 nitrogen and oxygen atoms in total. The highest BCUT2D eigenvalue weighted by Gasteiger charge is 2.18. The van der Waals surface area contributed by atoms with Crippen LogP contribution >= 0.6 is 11.6 Å². The molecule has 0 unspecified atom stereocenters. The Morgan fingerprint density at radius 2 is 1.80 bits per heavy atom. The molecular formula is C15H24ClN3O. The molecule has 0 radical (unpaired) electrons. The Labute approximate surface area is 126 Å². The molecule has 1 aromatic carbocycles. The molecule has 112 valence electrons. The van der Waals surface area contributed by atoms with Crippen molar-refractivity contribution in [1.29, 1.82) is 0 Å². The highest BCUT2D eigenvalue weighted by molar-refractivity contribution is 6.34. The average molecular weight is 298 g/mol. The minimum atomic E-state index is 0.0445. The molecule has 0 spiro atoms. The molecule has 0 aliphatic rings. The van der Waals surface area contributed by atoms with Crippen molar-refractivity contribution in [2.45, 2.75) is 27.7 Å². The summed E-state index contributed by atoms with van der Waals surface area (Å²) in [4.78, 5) is 2.24. The molecule has 0 aromatic heterocycles. The smallest absolute Gasteiger partial charge is 0.173 e. The van der Waals surface area contributed by atoms with Crippen LogP contribution in [0.4, 0.5) is 5.69 Å². The summed E-state index contributed by atoms with van der Waals surface area (Å²) in [7, 11) is 0. The molecule has 20 heavy (non-hydrogen) atoms. The highest BCUT2D eigenvalue weighted by atomic mass is 35.5. The summed E-state index contributed by atoms with van der Waals surface area (Å²) in [6.07, 6.45) is 0. The second kappa shape index (κ2) is 7.39. The van der Waals surface area contributed by atoms with Gasteiger partial charge in [0.15, 0.2) is 5.84 Å². The molecule has 0 bridgehead atoms. The number of nitrogens with two attached hydrogens (primary N) is 1. The molecule has 0 aliphatic heterocycles. The van der Waals surface area contributed by atoms with Crippen molar-refractivity contribution in [2.75, 3.05) is 18.0 Å². The first-order chi connectivity index (χ1) is 9.36. The minimum Gasteiger partial charge on any atom is -0.409 e. The van der Waals surface area contributed by atoms with E-state index >= 15 is 0 Å². The first-order valence-corrected chi connectivity index (χ1v) is 7.26. The number of anilines is 1. The number of nitrogens with zero attached hydrogens (tertiary/aromatic N) is 2. The first kappa shape index (κ1) is 16.6. The van der Waals surface area contributed by atoms with Gasteiger partial charge in [-0.05, 0) is 24.0 Å². The van der Waals surface area contributed by atoms with Crippen LogP contribution in [-0.4, -0.2) is 24.1 Å². The number of hydrogen-bond acceptors (Lipinski definition) is 3. The predicted molar refractivity (Wildman–Crippen MR) is 85.9 cm³/mol. The fourth-order valence-corrected chi connectivity index (χ4v) is 2.50. The Morgan fingerprint density at radius 1 is 1.25 bits per heavy atom. The molecule has 0 aliphatic carbocycles. The number of amidine groups is 1. The van der Waals surface area contributed by atoms with Crippen molar-refractivity contribution in [3.8, 4) is 0 Å². The fourth-order valence-electron chi connectivity index (χ4n) is 2.23. The van der Waals surface area contributed by atoms with Gasteiger partial charge in [0.05, 0.1) is 10.6 Å². The topological polar surface area (TPSA) is 61.8 Å². The fraction of sp³-hybridized carbons (Fsp3) is 0.533. The summed E-state index contributed by atoms with van der Waals surface area (Å²) in [6, 6.07) is 5.60. The lowest BCUT2D eigenvalue weighted by Crippen LogP contribution is -2.33. The van der Waals surface area contributed by atoms with Crippen LogP contribution in [0.2, 0.25) is 5.02 Å². The number of benzene rings is 1. The zero-order chi connectivity index (χ0) is 15.3. The summed E-state index contributed by atoms with van der Waals surface area (Å²) in [5.41, 5.74) is 7.29. The van der Waals surface area contributed by atoms with Crippen molar-refractivity contribution < 1.29 is 5.21 Å².